The van der Waals surface area contributed by atoms with Gasteiger partial charge in [-0.2, -0.15) is 4.98 Å². The number of carbonyl (C=O) groups is 1. The van der Waals surface area contributed by atoms with Crippen molar-refractivity contribution < 1.29 is 18.5 Å². The van der Waals surface area contributed by atoms with E-state index in [9.17, 15) is 4.79 Å². The van der Waals surface area contributed by atoms with Crippen molar-refractivity contribution in [3.8, 4) is 11.6 Å². The second-order valence-electron chi connectivity index (χ2n) is 6.07. The average molecular weight is 389 g/mol. The number of furan rings is 1. The zero-order valence-electron chi connectivity index (χ0n) is 14.6. The number of nitrogens with zero attached hydrogens (tertiary/aromatic N) is 4. The minimum absolute atomic E-state index is 0.139. The molecule has 3 aromatic rings. The number of aryl methyl sites for hydroxylation is 1. The van der Waals surface area contributed by atoms with Gasteiger partial charge < -0.3 is 19.0 Å². The highest BCUT2D eigenvalue weighted by molar-refractivity contribution is 7.13. The van der Waals surface area contributed by atoms with Crippen LogP contribution in [-0.4, -0.2) is 52.2 Å². The third-order valence-electron chi connectivity index (χ3n) is 4.06. The third-order valence-corrected chi connectivity index (χ3v) is 4.87. The summed E-state index contributed by atoms with van der Waals surface area (Å²) in [6.45, 7) is 4.09. The molecule has 3 aromatic heterocycles. The number of hydrogen-bond donors (Lipinski definition) is 1. The molecule has 0 aromatic carbocycles. The van der Waals surface area contributed by atoms with E-state index in [-0.39, 0.29) is 12.3 Å². The molecule has 4 heterocycles. The molecule has 4 rings (SSSR count). The van der Waals surface area contributed by atoms with Crippen LogP contribution in [0.4, 0.5) is 5.13 Å². The summed E-state index contributed by atoms with van der Waals surface area (Å²) in [7, 11) is 0. The van der Waals surface area contributed by atoms with E-state index in [0.29, 0.717) is 29.0 Å². The van der Waals surface area contributed by atoms with Crippen LogP contribution in [0.1, 0.15) is 18.0 Å². The molecular formula is C17H19N5O4S. The first-order chi connectivity index (χ1) is 13.3. The smallest absolute Gasteiger partial charge is 0.238 e. The molecule has 142 valence electrons. The predicted octanol–water partition coefficient (Wildman–Crippen LogP) is 2.19. The lowest BCUT2D eigenvalue weighted by molar-refractivity contribution is -0.116. The number of rotatable bonds is 7. The molecule has 0 aliphatic carbocycles. The first-order valence-corrected chi connectivity index (χ1v) is 9.55. The van der Waals surface area contributed by atoms with E-state index in [1.54, 1.807) is 18.4 Å². The minimum Gasteiger partial charge on any atom is -0.461 e. The molecule has 0 unspecified atom stereocenters. The molecule has 1 amide bonds. The van der Waals surface area contributed by atoms with Crippen molar-refractivity contribution >= 4 is 22.4 Å². The van der Waals surface area contributed by atoms with Crippen molar-refractivity contribution in [3.05, 3.63) is 35.4 Å². The lowest BCUT2D eigenvalue weighted by atomic mass is 10.3. The number of ether oxygens (including phenoxy) is 1. The van der Waals surface area contributed by atoms with Crippen molar-refractivity contribution in [3.63, 3.8) is 0 Å². The summed E-state index contributed by atoms with van der Waals surface area (Å²) in [5.74, 6) is 1.16. The van der Waals surface area contributed by atoms with Gasteiger partial charge in [0, 0.05) is 37.9 Å². The maximum atomic E-state index is 12.1. The Morgan fingerprint density at radius 2 is 2.19 bits per heavy atom. The van der Waals surface area contributed by atoms with Gasteiger partial charge >= 0.3 is 0 Å². The molecule has 9 nitrogen and oxygen atoms in total. The van der Waals surface area contributed by atoms with Crippen LogP contribution >= 0.6 is 11.3 Å². The summed E-state index contributed by atoms with van der Waals surface area (Å²) in [6.07, 6.45) is 2.13. The van der Waals surface area contributed by atoms with Gasteiger partial charge in [0.05, 0.1) is 25.2 Å². The van der Waals surface area contributed by atoms with Gasteiger partial charge in [0.1, 0.15) is 0 Å². The molecule has 1 aliphatic rings. The average Bonchev–Trinajstić information content (AvgIpc) is 3.43. The Hall–Kier alpha value is -2.56. The molecule has 27 heavy (non-hydrogen) atoms. The van der Waals surface area contributed by atoms with Gasteiger partial charge in [-0.1, -0.05) is 5.16 Å². The number of morpholine rings is 1. The second-order valence-corrected chi connectivity index (χ2v) is 6.93. The van der Waals surface area contributed by atoms with Crippen LogP contribution in [0.15, 0.2) is 32.7 Å². The van der Waals surface area contributed by atoms with Gasteiger partial charge in [-0.25, -0.2) is 4.98 Å². The van der Waals surface area contributed by atoms with Crippen LogP contribution in [0.25, 0.3) is 11.6 Å². The van der Waals surface area contributed by atoms with E-state index >= 15 is 0 Å². The summed E-state index contributed by atoms with van der Waals surface area (Å²) in [4.78, 5) is 23.1. The van der Waals surface area contributed by atoms with E-state index in [1.807, 2.05) is 5.38 Å². The van der Waals surface area contributed by atoms with Gasteiger partial charge in [-0.05, 0) is 12.1 Å². The van der Waals surface area contributed by atoms with Crippen LogP contribution in [0, 0.1) is 0 Å². The van der Waals surface area contributed by atoms with Crippen molar-refractivity contribution in [2.75, 3.05) is 31.6 Å². The van der Waals surface area contributed by atoms with Crippen molar-refractivity contribution in [2.24, 2.45) is 0 Å². The Balaban J connectivity index is 1.25. The van der Waals surface area contributed by atoms with Crippen LogP contribution in [0.5, 0.6) is 0 Å². The molecule has 1 fully saturated rings. The Morgan fingerprint density at radius 3 is 3.00 bits per heavy atom. The number of nitrogens with one attached hydrogen (secondary N) is 1. The number of carbonyl (C=O) groups excluding carboxylic acids is 1. The van der Waals surface area contributed by atoms with Crippen LogP contribution in [0.3, 0.4) is 0 Å². The summed E-state index contributed by atoms with van der Waals surface area (Å²) >= 11 is 1.43. The molecule has 0 saturated carbocycles. The Labute approximate surface area is 159 Å². The van der Waals surface area contributed by atoms with Gasteiger partial charge in [0.15, 0.2) is 10.9 Å². The number of thiazole rings is 1. The molecule has 0 spiro atoms. The van der Waals surface area contributed by atoms with Crippen LogP contribution < -0.4 is 5.32 Å². The summed E-state index contributed by atoms with van der Waals surface area (Å²) in [5, 5.41) is 9.24. The standard InChI is InChI=1S/C17H19N5O4S/c23-14(3-4-15-20-16(21-26-15)13-2-1-7-25-13)19-17-18-12(11-27-17)10-22-5-8-24-9-6-22/h1-2,7,11H,3-6,8-10H2,(H,18,19,23). The number of hydrogen-bond acceptors (Lipinski definition) is 9. The Bertz CT molecular complexity index is 870. The zero-order valence-corrected chi connectivity index (χ0v) is 15.4. The summed E-state index contributed by atoms with van der Waals surface area (Å²) < 4.78 is 15.7. The van der Waals surface area contributed by atoms with Crippen molar-refractivity contribution in [1.82, 2.24) is 20.0 Å². The largest absolute Gasteiger partial charge is 0.461 e. The molecule has 0 bridgehead atoms. The maximum absolute atomic E-state index is 12.1. The highest BCUT2D eigenvalue weighted by Gasteiger charge is 2.15. The molecular weight excluding hydrogens is 370 g/mol. The fourth-order valence-electron chi connectivity index (χ4n) is 2.69. The van der Waals surface area contributed by atoms with E-state index in [2.05, 4.69) is 25.3 Å². The number of amides is 1. The Kier molecular flexibility index (Phi) is 5.56. The molecule has 0 radical (unpaired) electrons. The fraction of sp³-hybridized carbons (Fsp3) is 0.412. The predicted molar refractivity (Wildman–Crippen MR) is 97.2 cm³/mol. The van der Waals surface area contributed by atoms with Crippen molar-refractivity contribution in [2.45, 2.75) is 19.4 Å². The minimum atomic E-state index is -0.139. The second kappa shape index (κ2) is 8.42. The SMILES string of the molecule is O=C(CCc1nc(-c2ccco2)no1)Nc1nc(CN2CCOCC2)cs1. The van der Waals surface area contributed by atoms with Gasteiger partial charge in [0.25, 0.3) is 0 Å². The van der Waals surface area contributed by atoms with Gasteiger partial charge in [-0.15, -0.1) is 11.3 Å². The monoisotopic (exact) mass is 389 g/mol. The topological polar surface area (TPSA) is 107 Å². The normalized spacial score (nSPS) is 15.1. The van der Waals surface area contributed by atoms with E-state index in [0.717, 1.165) is 38.5 Å². The molecule has 1 saturated heterocycles. The first kappa shape index (κ1) is 17.8. The van der Waals surface area contributed by atoms with Gasteiger partial charge in [-0.3, -0.25) is 9.69 Å². The summed E-state index contributed by atoms with van der Waals surface area (Å²) in [5.41, 5.74) is 0.956. The lowest BCUT2D eigenvalue weighted by Gasteiger charge is -2.25. The van der Waals surface area contributed by atoms with E-state index in [1.165, 1.54) is 11.3 Å². The Morgan fingerprint density at radius 1 is 1.30 bits per heavy atom. The van der Waals surface area contributed by atoms with E-state index < -0.39 is 0 Å². The molecule has 1 N–H and O–H groups in total. The highest BCUT2D eigenvalue weighted by atomic mass is 32.1. The van der Waals surface area contributed by atoms with E-state index in [4.69, 9.17) is 13.7 Å². The number of anilines is 1. The quantitative estimate of drug-likeness (QED) is 0.655. The zero-order chi connectivity index (χ0) is 18.5. The fourth-order valence-corrected chi connectivity index (χ4v) is 3.41. The van der Waals surface area contributed by atoms with Crippen LogP contribution in [-0.2, 0) is 22.5 Å². The third kappa shape index (κ3) is 4.79. The van der Waals surface area contributed by atoms with Crippen LogP contribution in [0.2, 0.25) is 0 Å². The first-order valence-electron chi connectivity index (χ1n) is 8.67. The molecule has 1 aliphatic heterocycles. The summed E-state index contributed by atoms with van der Waals surface area (Å²) in [6, 6.07) is 3.50. The van der Waals surface area contributed by atoms with Gasteiger partial charge in [0.2, 0.25) is 17.6 Å². The lowest BCUT2D eigenvalue weighted by Crippen LogP contribution is -2.35. The van der Waals surface area contributed by atoms with Crippen molar-refractivity contribution in [1.29, 1.82) is 0 Å². The number of aromatic nitrogens is 3. The highest BCUT2D eigenvalue weighted by Crippen LogP contribution is 2.19. The maximum Gasteiger partial charge on any atom is 0.238 e. The molecule has 10 heteroatoms. The molecule has 0 atom stereocenters.